The van der Waals surface area contributed by atoms with Crippen LogP contribution in [0.15, 0.2) is 0 Å². The first kappa shape index (κ1) is 11.6. The number of Topliss-reactive ketones (excluding diaryl/α,β-unsaturated/α-hetero) is 1. The number of rotatable bonds is 3. The van der Waals surface area contributed by atoms with Gasteiger partial charge < -0.3 is 5.32 Å². The summed E-state index contributed by atoms with van der Waals surface area (Å²) in [6.07, 6.45) is 9.28. The zero-order chi connectivity index (χ0) is 11.4. The molecule has 1 amide bonds. The monoisotopic (exact) mass is 223 g/mol. The molecule has 2 aliphatic rings. The molecule has 1 atom stereocenters. The summed E-state index contributed by atoms with van der Waals surface area (Å²) in [5.74, 6) is 0.870. The lowest BCUT2D eigenvalue weighted by Gasteiger charge is -2.21. The molecule has 1 unspecified atom stereocenters. The maximum Gasteiger partial charge on any atom is 0.220 e. The number of ketones is 1. The molecule has 0 aromatic rings. The third-order valence-corrected chi connectivity index (χ3v) is 3.84. The summed E-state index contributed by atoms with van der Waals surface area (Å²) < 4.78 is 0. The van der Waals surface area contributed by atoms with E-state index in [-0.39, 0.29) is 17.7 Å². The van der Waals surface area contributed by atoms with Crippen LogP contribution in [0, 0.1) is 5.92 Å². The van der Waals surface area contributed by atoms with Gasteiger partial charge in [-0.2, -0.15) is 0 Å². The van der Waals surface area contributed by atoms with E-state index in [2.05, 4.69) is 5.32 Å². The molecule has 3 nitrogen and oxygen atoms in total. The van der Waals surface area contributed by atoms with Crippen molar-refractivity contribution in [1.29, 1.82) is 0 Å². The fourth-order valence-electron chi connectivity index (χ4n) is 2.88. The van der Waals surface area contributed by atoms with Gasteiger partial charge in [-0.05, 0) is 31.6 Å². The van der Waals surface area contributed by atoms with Gasteiger partial charge in [-0.3, -0.25) is 9.59 Å². The molecule has 2 fully saturated rings. The molecule has 16 heavy (non-hydrogen) atoms. The van der Waals surface area contributed by atoms with Crippen LogP contribution in [0.1, 0.15) is 57.8 Å². The standard InChI is InChI=1S/C13H21NO2/c15-12-8-4-7-11(12)14-13(16)9-10-5-2-1-3-6-10/h10-11H,1-9H2,(H,14,16). The predicted octanol–water partition coefficient (Wildman–Crippen LogP) is 2.19. The first-order valence-electron chi connectivity index (χ1n) is 6.58. The number of amides is 1. The van der Waals surface area contributed by atoms with E-state index in [1.54, 1.807) is 0 Å². The highest BCUT2D eigenvalue weighted by molar-refractivity contribution is 5.90. The molecule has 90 valence electrons. The minimum atomic E-state index is -0.170. The van der Waals surface area contributed by atoms with Crippen LogP contribution >= 0.6 is 0 Å². The minimum absolute atomic E-state index is 0.0900. The second-order valence-electron chi connectivity index (χ2n) is 5.19. The summed E-state index contributed by atoms with van der Waals surface area (Å²) >= 11 is 0. The third-order valence-electron chi connectivity index (χ3n) is 3.84. The van der Waals surface area contributed by atoms with Gasteiger partial charge in [0, 0.05) is 12.8 Å². The van der Waals surface area contributed by atoms with Crippen LogP contribution in [-0.2, 0) is 9.59 Å². The van der Waals surface area contributed by atoms with E-state index in [4.69, 9.17) is 0 Å². The van der Waals surface area contributed by atoms with Crippen molar-refractivity contribution in [2.45, 2.75) is 63.8 Å². The number of carbonyl (C=O) groups excluding carboxylic acids is 2. The smallest absolute Gasteiger partial charge is 0.220 e. The van der Waals surface area contributed by atoms with Crippen LogP contribution in [-0.4, -0.2) is 17.7 Å². The largest absolute Gasteiger partial charge is 0.346 e. The molecular formula is C13H21NO2. The molecule has 0 radical (unpaired) electrons. The lowest BCUT2D eigenvalue weighted by molar-refractivity contribution is -0.127. The molecule has 0 aromatic heterocycles. The molecule has 1 N–H and O–H groups in total. The zero-order valence-corrected chi connectivity index (χ0v) is 9.84. The Morgan fingerprint density at radius 1 is 1.12 bits per heavy atom. The number of hydrogen-bond acceptors (Lipinski definition) is 2. The van der Waals surface area contributed by atoms with Gasteiger partial charge >= 0.3 is 0 Å². The van der Waals surface area contributed by atoms with Gasteiger partial charge in [-0.15, -0.1) is 0 Å². The van der Waals surface area contributed by atoms with Crippen molar-refractivity contribution in [1.82, 2.24) is 5.32 Å². The summed E-state index contributed by atoms with van der Waals surface area (Å²) in [5.41, 5.74) is 0. The van der Waals surface area contributed by atoms with Gasteiger partial charge in [0.15, 0.2) is 5.78 Å². The highest BCUT2D eigenvalue weighted by Gasteiger charge is 2.26. The number of carbonyl (C=O) groups is 2. The van der Waals surface area contributed by atoms with Crippen LogP contribution in [0.25, 0.3) is 0 Å². The Hall–Kier alpha value is -0.860. The Bertz CT molecular complexity index is 269. The molecule has 2 aliphatic carbocycles. The topological polar surface area (TPSA) is 46.2 Å². The molecule has 2 saturated carbocycles. The third kappa shape index (κ3) is 3.06. The number of hydrogen-bond donors (Lipinski definition) is 1. The molecule has 0 spiro atoms. The quantitative estimate of drug-likeness (QED) is 0.797. The van der Waals surface area contributed by atoms with Gasteiger partial charge in [0.1, 0.15) is 0 Å². The molecule has 0 saturated heterocycles. The molecule has 3 heteroatoms. The second kappa shape index (κ2) is 5.46. The molecule has 2 rings (SSSR count). The first-order valence-corrected chi connectivity index (χ1v) is 6.58. The van der Waals surface area contributed by atoms with Gasteiger partial charge in [0.05, 0.1) is 6.04 Å². The minimum Gasteiger partial charge on any atom is -0.346 e. The van der Waals surface area contributed by atoms with Crippen LogP contribution in [0.3, 0.4) is 0 Å². The highest BCUT2D eigenvalue weighted by Crippen LogP contribution is 2.26. The molecular weight excluding hydrogens is 202 g/mol. The average Bonchev–Trinajstić information content (AvgIpc) is 2.66. The SMILES string of the molecule is O=C(CC1CCCCC1)NC1CCCC1=O. The van der Waals surface area contributed by atoms with Gasteiger partial charge in [0.25, 0.3) is 0 Å². The summed E-state index contributed by atoms with van der Waals surface area (Å²) in [6, 6.07) is -0.170. The first-order chi connectivity index (χ1) is 7.75. The Labute approximate surface area is 97.0 Å². The maximum absolute atomic E-state index is 11.7. The van der Waals surface area contributed by atoms with Crippen molar-refractivity contribution in [2.24, 2.45) is 5.92 Å². The fourth-order valence-corrected chi connectivity index (χ4v) is 2.88. The van der Waals surface area contributed by atoms with E-state index < -0.39 is 0 Å². The maximum atomic E-state index is 11.7. The van der Waals surface area contributed by atoms with Crippen LogP contribution in [0.2, 0.25) is 0 Å². The van der Waals surface area contributed by atoms with E-state index in [0.717, 1.165) is 12.8 Å². The summed E-state index contributed by atoms with van der Waals surface area (Å²) in [5, 5.41) is 2.89. The van der Waals surface area contributed by atoms with Crippen molar-refractivity contribution < 1.29 is 9.59 Å². The van der Waals surface area contributed by atoms with E-state index in [0.29, 0.717) is 18.8 Å². The second-order valence-corrected chi connectivity index (χ2v) is 5.19. The normalized spacial score (nSPS) is 27.0. The van der Waals surface area contributed by atoms with Crippen LogP contribution in [0.5, 0.6) is 0 Å². The van der Waals surface area contributed by atoms with E-state index in [1.165, 1.54) is 32.1 Å². The van der Waals surface area contributed by atoms with Gasteiger partial charge in [0.2, 0.25) is 5.91 Å². The van der Waals surface area contributed by atoms with Crippen LogP contribution < -0.4 is 5.32 Å². The molecule has 0 aliphatic heterocycles. The lowest BCUT2D eigenvalue weighted by atomic mass is 9.87. The highest BCUT2D eigenvalue weighted by atomic mass is 16.2. The molecule has 0 heterocycles. The fraction of sp³-hybridized carbons (Fsp3) is 0.846. The Balaban J connectivity index is 1.72. The van der Waals surface area contributed by atoms with Crippen molar-refractivity contribution in [3.8, 4) is 0 Å². The predicted molar refractivity (Wildman–Crippen MR) is 62.0 cm³/mol. The van der Waals surface area contributed by atoms with Crippen molar-refractivity contribution in [3.63, 3.8) is 0 Å². The lowest BCUT2D eigenvalue weighted by Crippen LogP contribution is -2.38. The van der Waals surface area contributed by atoms with Crippen molar-refractivity contribution in [2.75, 3.05) is 0 Å². The Morgan fingerprint density at radius 3 is 2.50 bits per heavy atom. The Kier molecular flexibility index (Phi) is 3.97. The summed E-state index contributed by atoms with van der Waals surface area (Å²) in [6.45, 7) is 0. The van der Waals surface area contributed by atoms with Gasteiger partial charge in [-0.25, -0.2) is 0 Å². The number of nitrogens with one attached hydrogen (secondary N) is 1. The summed E-state index contributed by atoms with van der Waals surface area (Å²) in [4.78, 5) is 23.1. The van der Waals surface area contributed by atoms with Crippen LogP contribution in [0.4, 0.5) is 0 Å². The van der Waals surface area contributed by atoms with E-state index >= 15 is 0 Å². The Morgan fingerprint density at radius 2 is 1.88 bits per heavy atom. The van der Waals surface area contributed by atoms with Gasteiger partial charge in [-0.1, -0.05) is 19.3 Å². The molecule has 0 aromatic carbocycles. The van der Waals surface area contributed by atoms with Crippen molar-refractivity contribution in [3.05, 3.63) is 0 Å². The van der Waals surface area contributed by atoms with Crippen molar-refractivity contribution >= 4 is 11.7 Å². The zero-order valence-electron chi connectivity index (χ0n) is 9.84. The van der Waals surface area contributed by atoms with E-state index in [1.807, 2.05) is 0 Å². The summed E-state index contributed by atoms with van der Waals surface area (Å²) in [7, 11) is 0. The van der Waals surface area contributed by atoms with E-state index in [9.17, 15) is 9.59 Å². The molecule has 0 bridgehead atoms. The average molecular weight is 223 g/mol.